The molecule has 2 fully saturated rings. The molecule has 0 aromatic heterocycles. The fourth-order valence-corrected chi connectivity index (χ4v) is 3.08. The first-order valence-corrected chi connectivity index (χ1v) is 7.39. The van der Waals surface area contributed by atoms with Crippen molar-refractivity contribution < 1.29 is 4.79 Å². The number of likely N-dealkylation sites (tertiary alicyclic amines) is 1. The highest BCUT2D eigenvalue weighted by Gasteiger charge is 2.35. The quantitative estimate of drug-likeness (QED) is 0.804. The van der Waals surface area contributed by atoms with Crippen molar-refractivity contribution in [3.05, 3.63) is 0 Å². The summed E-state index contributed by atoms with van der Waals surface area (Å²) in [6.45, 7) is 12.8. The Morgan fingerprint density at radius 1 is 1.16 bits per heavy atom. The van der Waals surface area contributed by atoms with Crippen LogP contribution in [-0.4, -0.2) is 37.0 Å². The number of hydrogen-bond acceptors (Lipinski definition) is 2. The first-order valence-electron chi connectivity index (χ1n) is 7.39. The Labute approximate surface area is 123 Å². The van der Waals surface area contributed by atoms with Gasteiger partial charge in [0, 0.05) is 19.0 Å². The molecule has 2 aliphatic heterocycles. The molecular formula is C15H29ClN2O. The van der Waals surface area contributed by atoms with Crippen LogP contribution in [0.5, 0.6) is 0 Å². The summed E-state index contributed by atoms with van der Waals surface area (Å²) in [7, 11) is 0. The predicted molar refractivity (Wildman–Crippen MR) is 81.5 cm³/mol. The van der Waals surface area contributed by atoms with Gasteiger partial charge in [-0.2, -0.15) is 0 Å². The van der Waals surface area contributed by atoms with Crippen molar-refractivity contribution in [2.45, 2.75) is 40.5 Å². The van der Waals surface area contributed by atoms with Crippen molar-refractivity contribution in [1.29, 1.82) is 0 Å². The third-order valence-corrected chi connectivity index (χ3v) is 5.00. The molecule has 3 atom stereocenters. The van der Waals surface area contributed by atoms with Crippen LogP contribution in [0.15, 0.2) is 0 Å². The number of fused-ring (bicyclic) bond motifs is 1. The molecule has 1 N–H and O–H groups in total. The Morgan fingerprint density at radius 2 is 1.63 bits per heavy atom. The fourth-order valence-electron chi connectivity index (χ4n) is 3.08. The summed E-state index contributed by atoms with van der Waals surface area (Å²) in [4.78, 5) is 14.6. The molecule has 0 aromatic rings. The van der Waals surface area contributed by atoms with Crippen LogP contribution >= 0.6 is 12.4 Å². The van der Waals surface area contributed by atoms with Gasteiger partial charge in [-0.25, -0.2) is 0 Å². The maximum atomic E-state index is 12.5. The molecule has 4 heteroatoms. The first kappa shape index (κ1) is 16.8. The van der Waals surface area contributed by atoms with Crippen molar-refractivity contribution >= 4 is 18.3 Å². The lowest BCUT2D eigenvalue weighted by molar-refractivity contribution is -0.138. The minimum atomic E-state index is 0. The van der Waals surface area contributed by atoms with Gasteiger partial charge in [-0.05, 0) is 43.2 Å². The minimum absolute atomic E-state index is 0. The van der Waals surface area contributed by atoms with Crippen LogP contribution in [0.1, 0.15) is 40.5 Å². The molecule has 0 aromatic carbocycles. The molecule has 1 unspecified atom stereocenters. The molecule has 0 spiro atoms. The van der Waals surface area contributed by atoms with E-state index in [0.29, 0.717) is 5.91 Å². The topological polar surface area (TPSA) is 32.3 Å². The third kappa shape index (κ3) is 3.85. The van der Waals surface area contributed by atoms with E-state index in [2.05, 4.69) is 37.9 Å². The molecule has 1 amide bonds. The highest BCUT2D eigenvalue weighted by molar-refractivity contribution is 5.85. The summed E-state index contributed by atoms with van der Waals surface area (Å²) >= 11 is 0. The number of halogens is 1. The molecule has 0 bridgehead atoms. The summed E-state index contributed by atoms with van der Waals surface area (Å²) in [6, 6.07) is 0. The molecule has 0 saturated carbocycles. The van der Waals surface area contributed by atoms with Gasteiger partial charge in [-0.15, -0.1) is 12.4 Å². The second-order valence-electron chi connectivity index (χ2n) is 7.17. The fraction of sp³-hybridized carbons (Fsp3) is 0.933. The number of rotatable bonds is 1. The van der Waals surface area contributed by atoms with E-state index >= 15 is 0 Å². The average molecular weight is 289 g/mol. The maximum absolute atomic E-state index is 12.5. The highest BCUT2D eigenvalue weighted by Crippen LogP contribution is 2.31. The van der Waals surface area contributed by atoms with Crippen molar-refractivity contribution in [2.24, 2.45) is 23.2 Å². The van der Waals surface area contributed by atoms with E-state index in [-0.39, 0.29) is 23.7 Å². The van der Waals surface area contributed by atoms with E-state index in [1.807, 2.05) is 0 Å². The maximum Gasteiger partial charge on any atom is 0.225 e. The van der Waals surface area contributed by atoms with Gasteiger partial charge in [0.15, 0.2) is 0 Å². The lowest BCUT2D eigenvalue weighted by Gasteiger charge is -2.32. The number of carbonyl (C=O) groups is 1. The van der Waals surface area contributed by atoms with Gasteiger partial charge in [0.05, 0.1) is 0 Å². The summed E-state index contributed by atoms with van der Waals surface area (Å²) in [5.41, 5.74) is 0.0703. The molecular weight excluding hydrogens is 260 g/mol. The number of amides is 1. The molecule has 19 heavy (non-hydrogen) atoms. The van der Waals surface area contributed by atoms with E-state index in [9.17, 15) is 4.79 Å². The van der Waals surface area contributed by atoms with Crippen LogP contribution in [0.3, 0.4) is 0 Å². The molecule has 2 rings (SSSR count). The zero-order valence-corrected chi connectivity index (χ0v) is 13.6. The zero-order chi connectivity index (χ0) is 13.3. The number of carbonyl (C=O) groups excluding carboxylic acids is 1. The Kier molecular flexibility index (Phi) is 5.69. The third-order valence-electron chi connectivity index (χ3n) is 5.00. The van der Waals surface area contributed by atoms with Crippen LogP contribution < -0.4 is 5.32 Å². The lowest BCUT2D eigenvalue weighted by Crippen LogP contribution is -2.40. The Hall–Kier alpha value is -0.280. The Balaban J connectivity index is 0.00000180. The van der Waals surface area contributed by atoms with E-state index < -0.39 is 0 Å². The van der Waals surface area contributed by atoms with Crippen LogP contribution in [0.25, 0.3) is 0 Å². The predicted octanol–water partition coefficient (Wildman–Crippen LogP) is 2.55. The number of nitrogens with zero attached hydrogens (tertiary/aromatic N) is 1. The van der Waals surface area contributed by atoms with Gasteiger partial charge >= 0.3 is 0 Å². The van der Waals surface area contributed by atoms with Crippen LogP contribution in [0.2, 0.25) is 0 Å². The first-order chi connectivity index (χ1) is 8.39. The van der Waals surface area contributed by atoms with Crippen molar-refractivity contribution in [1.82, 2.24) is 10.2 Å². The van der Waals surface area contributed by atoms with E-state index in [4.69, 9.17) is 0 Å². The standard InChI is InChI=1S/C15H28N2O.ClH/c1-11(15(2,3)4)14(18)17-7-5-12-9-16-10-13(12)6-8-17;/h11-13,16H,5-10H2,1-4H3;1H/t11?,12-,13+;. The van der Waals surface area contributed by atoms with E-state index in [1.165, 1.54) is 12.8 Å². The molecule has 2 heterocycles. The highest BCUT2D eigenvalue weighted by atomic mass is 35.5. The zero-order valence-electron chi connectivity index (χ0n) is 12.7. The monoisotopic (exact) mass is 288 g/mol. The minimum Gasteiger partial charge on any atom is -0.342 e. The van der Waals surface area contributed by atoms with Crippen molar-refractivity contribution in [3.8, 4) is 0 Å². The van der Waals surface area contributed by atoms with Gasteiger partial charge in [-0.1, -0.05) is 27.7 Å². The van der Waals surface area contributed by atoms with E-state index in [1.54, 1.807) is 0 Å². The summed E-state index contributed by atoms with van der Waals surface area (Å²) in [6.07, 6.45) is 2.36. The van der Waals surface area contributed by atoms with Crippen LogP contribution in [0, 0.1) is 23.2 Å². The van der Waals surface area contributed by atoms with Gasteiger partial charge in [0.1, 0.15) is 0 Å². The second-order valence-corrected chi connectivity index (χ2v) is 7.17. The molecule has 2 saturated heterocycles. The van der Waals surface area contributed by atoms with Crippen molar-refractivity contribution in [3.63, 3.8) is 0 Å². The smallest absolute Gasteiger partial charge is 0.225 e. The summed E-state index contributed by atoms with van der Waals surface area (Å²) in [5, 5.41) is 3.48. The van der Waals surface area contributed by atoms with Gasteiger partial charge in [0.2, 0.25) is 5.91 Å². The summed E-state index contributed by atoms with van der Waals surface area (Å²) in [5.74, 6) is 2.07. The molecule has 3 nitrogen and oxygen atoms in total. The average Bonchev–Trinajstić information content (AvgIpc) is 2.65. The lowest BCUT2D eigenvalue weighted by atomic mass is 9.81. The van der Waals surface area contributed by atoms with Crippen LogP contribution in [0.4, 0.5) is 0 Å². The number of nitrogens with one attached hydrogen (secondary N) is 1. The molecule has 0 aliphatic carbocycles. The Morgan fingerprint density at radius 3 is 2.05 bits per heavy atom. The van der Waals surface area contributed by atoms with E-state index in [0.717, 1.165) is 38.0 Å². The molecule has 2 aliphatic rings. The van der Waals surface area contributed by atoms with Crippen molar-refractivity contribution in [2.75, 3.05) is 26.2 Å². The van der Waals surface area contributed by atoms with Gasteiger partial charge in [-0.3, -0.25) is 4.79 Å². The summed E-state index contributed by atoms with van der Waals surface area (Å²) < 4.78 is 0. The molecule has 0 radical (unpaired) electrons. The van der Waals surface area contributed by atoms with Gasteiger partial charge < -0.3 is 10.2 Å². The number of hydrogen-bond donors (Lipinski definition) is 1. The molecule has 112 valence electrons. The van der Waals surface area contributed by atoms with Crippen LogP contribution in [-0.2, 0) is 4.79 Å². The Bertz CT molecular complexity index is 300. The SMILES string of the molecule is CC(C(=O)N1CC[C@@H]2CNC[C@@H]2CC1)C(C)(C)C.Cl. The largest absolute Gasteiger partial charge is 0.342 e. The second kappa shape index (κ2) is 6.45. The normalized spacial score (nSPS) is 29.2. The van der Waals surface area contributed by atoms with Gasteiger partial charge in [0.25, 0.3) is 0 Å².